The van der Waals surface area contributed by atoms with E-state index in [1.54, 1.807) is 0 Å². The smallest absolute Gasteiger partial charge is 0.344 e. The molecule has 1 heterocycles. The van der Waals surface area contributed by atoms with Crippen molar-refractivity contribution >= 4 is 25.7 Å². The van der Waals surface area contributed by atoms with Crippen molar-refractivity contribution in [2.45, 2.75) is 23.8 Å². The number of aryl methyl sites for hydroxylation is 1. The van der Waals surface area contributed by atoms with E-state index in [2.05, 4.69) is 0 Å². The third-order valence-electron chi connectivity index (χ3n) is 2.53. The van der Waals surface area contributed by atoms with Gasteiger partial charge in [0.25, 0.3) is 9.05 Å². The molecule has 1 aromatic carbocycles. The van der Waals surface area contributed by atoms with E-state index in [0.29, 0.717) is 24.2 Å². The third kappa shape index (κ3) is 2.53. The summed E-state index contributed by atoms with van der Waals surface area (Å²) in [7, 11) is 1.45. The van der Waals surface area contributed by atoms with Crippen LogP contribution in [0.4, 0.5) is 0 Å². The molecule has 7 heteroatoms. The molecule has 0 bridgehead atoms. The number of ether oxygens (including phenoxy) is 1. The van der Waals surface area contributed by atoms with Gasteiger partial charge in [-0.3, -0.25) is 0 Å². The van der Waals surface area contributed by atoms with Crippen molar-refractivity contribution in [1.82, 2.24) is 0 Å². The van der Waals surface area contributed by atoms with E-state index in [-0.39, 0.29) is 4.90 Å². The maximum absolute atomic E-state index is 11.1. The first-order valence-corrected chi connectivity index (χ1v) is 7.16. The van der Waals surface area contributed by atoms with Gasteiger partial charge in [-0.25, -0.2) is 13.2 Å². The minimum atomic E-state index is -3.77. The Kier molecular flexibility index (Phi) is 3.01. The molecule has 1 unspecified atom stereocenters. The maximum atomic E-state index is 11.1. The molecule has 1 aliphatic rings. The highest BCUT2D eigenvalue weighted by atomic mass is 35.7. The number of hydrogen-bond acceptors (Lipinski definition) is 4. The number of aliphatic carboxylic acids is 1. The van der Waals surface area contributed by atoms with E-state index in [9.17, 15) is 13.2 Å². The summed E-state index contributed by atoms with van der Waals surface area (Å²) in [6, 6.07) is 4.14. The third-order valence-corrected chi connectivity index (χ3v) is 3.89. The molecule has 5 nitrogen and oxygen atoms in total. The molecule has 1 N–H and O–H groups in total. The summed E-state index contributed by atoms with van der Waals surface area (Å²) < 4.78 is 27.5. The van der Waals surface area contributed by atoms with Crippen molar-refractivity contribution in [2.24, 2.45) is 0 Å². The Balaban J connectivity index is 2.35. The van der Waals surface area contributed by atoms with Gasteiger partial charge in [0.05, 0.1) is 4.90 Å². The largest absolute Gasteiger partial charge is 0.479 e. The summed E-state index contributed by atoms with van der Waals surface area (Å²) in [6.07, 6.45) is -0.110. The van der Waals surface area contributed by atoms with Crippen molar-refractivity contribution in [3.63, 3.8) is 0 Å². The highest BCUT2D eigenvalue weighted by Crippen LogP contribution is 2.30. The van der Waals surface area contributed by atoms with Crippen LogP contribution in [0.3, 0.4) is 0 Å². The Morgan fingerprint density at radius 1 is 1.47 bits per heavy atom. The van der Waals surface area contributed by atoms with Crippen molar-refractivity contribution in [3.05, 3.63) is 23.8 Å². The Morgan fingerprint density at radius 3 is 2.76 bits per heavy atom. The first-order valence-electron chi connectivity index (χ1n) is 4.85. The molecule has 0 spiro atoms. The Labute approximate surface area is 102 Å². The second-order valence-electron chi connectivity index (χ2n) is 3.69. The summed E-state index contributed by atoms with van der Waals surface area (Å²) in [5.74, 6) is -0.627. The molecule has 0 amide bonds. The first kappa shape index (κ1) is 12.2. The number of carbonyl (C=O) groups is 1. The van der Waals surface area contributed by atoms with Gasteiger partial charge < -0.3 is 9.84 Å². The van der Waals surface area contributed by atoms with Gasteiger partial charge in [-0.15, -0.1) is 0 Å². The van der Waals surface area contributed by atoms with Gasteiger partial charge in [0.1, 0.15) is 5.75 Å². The summed E-state index contributed by atoms with van der Waals surface area (Å²) in [5, 5.41) is 8.81. The predicted molar refractivity (Wildman–Crippen MR) is 59.9 cm³/mol. The maximum Gasteiger partial charge on any atom is 0.344 e. The normalized spacial score (nSPS) is 19.2. The van der Waals surface area contributed by atoms with Crippen molar-refractivity contribution in [1.29, 1.82) is 0 Å². The fourth-order valence-electron chi connectivity index (χ4n) is 1.69. The van der Waals surface area contributed by atoms with Gasteiger partial charge in [-0.05, 0) is 36.6 Å². The zero-order chi connectivity index (χ0) is 12.6. The molecule has 2 rings (SSSR count). The van der Waals surface area contributed by atoms with E-state index >= 15 is 0 Å². The van der Waals surface area contributed by atoms with Gasteiger partial charge in [0.15, 0.2) is 6.10 Å². The quantitative estimate of drug-likeness (QED) is 0.826. The molecule has 1 aliphatic heterocycles. The zero-order valence-electron chi connectivity index (χ0n) is 8.59. The van der Waals surface area contributed by atoms with Crippen molar-refractivity contribution in [3.8, 4) is 5.75 Å². The highest BCUT2D eigenvalue weighted by Gasteiger charge is 2.26. The summed E-state index contributed by atoms with van der Waals surface area (Å²) in [6.45, 7) is 0. The molecule has 0 fully saturated rings. The van der Waals surface area contributed by atoms with Crippen LogP contribution in [0.15, 0.2) is 23.1 Å². The SMILES string of the molecule is O=C(O)C1CCc2cc(S(=O)(=O)Cl)ccc2O1. The molecule has 0 aromatic heterocycles. The minimum absolute atomic E-state index is 0.00436. The minimum Gasteiger partial charge on any atom is -0.479 e. The predicted octanol–water partition coefficient (Wildman–Crippen LogP) is 1.39. The molecule has 0 radical (unpaired) electrons. The zero-order valence-corrected chi connectivity index (χ0v) is 10.2. The van der Waals surface area contributed by atoms with Crippen LogP contribution in [-0.2, 0) is 20.3 Å². The van der Waals surface area contributed by atoms with E-state index in [4.69, 9.17) is 20.5 Å². The molecular weight excluding hydrogens is 268 g/mol. The molecule has 0 saturated heterocycles. The molecular formula is C10H9ClO5S. The van der Waals surface area contributed by atoms with Gasteiger partial charge >= 0.3 is 5.97 Å². The van der Waals surface area contributed by atoms with E-state index in [1.807, 2.05) is 0 Å². The lowest BCUT2D eigenvalue weighted by atomic mass is 10.0. The summed E-state index contributed by atoms with van der Waals surface area (Å²) in [5.41, 5.74) is 0.657. The number of carboxylic acids is 1. The fourth-order valence-corrected chi connectivity index (χ4v) is 2.49. The average molecular weight is 277 g/mol. The van der Waals surface area contributed by atoms with Crippen LogP contribution in [0.5, 0.6) is 5.75 Å². The number of halogens is 1. The van der Waals surface area contributed by atoms with E-state index in [0.717, 1.165) is 0 Å². The van der Waals surface area contributed by atoms with Crippen LogP contribution in [0.1, 0.15) is 12.0 Å². The second-order valence-corrected chi connectivity index (χ2v) is 6.26. The Hall–Kier alpha value is -1.27. The number of fused-ring (bicyclic) bond motifs is 1. The Morgan fingerprint density at radius 2 is 2.18 bits per heavy atom. The van der Waals surface area contributed by atoms with Crippen molar-refractivity contribution < 1.29 is 23.1 Å². The van der Waals surface area contributed by atoms with Gasteiger partial charge in [-0.1, -0.05) is 0 Å². The van der Waals surface area contributed by atoms with Crippen LogP contribution in [0, 0.1) is 0 Å². The fraction of sp³-hybridized carbons (Fsp3) is 0.300. The molecule has 1 atom stereocenters. The molecule has 1 aromatic rings. The van der Waals surface area contributed by atoms with Crippen LogP contribution < -0.4 is 4.74 Å². The Bertz CT molecular complexity index is 566. The number of carboxylic acid groups (broad SMARTS) is 1. The van der Waals surface area contributed by atoms with E-state index < -0.39 is 21.1 Å². The number of benzene rings is 1. The summed E-state index contributed by atoms with van der Waals surface area (Å²) in [4.78, 5) is 10.7. The topological polar surface area (TPSA) is 80.7 Å². The second kappa shape index (κ2) is 4.19. The van der Waals surface area contributed by atoms with Crippen LogP contribution in [0.25, 0.3) is 0 Å². The first-order chi connectivity index (χ1) is 7.88. The summed E-state index contributed by atoms with van der Waals surface area (Å²) >= 11 is 0. The monoisotopic (exact) mass is 276 g/mol. The van der Waals surface area contributed by atoms with Gasteiger partial charge in [0, 0.05) is 10.7 Å². The highest BCUT2D eigenvalue weighted by molar-refractivity contribution is 8.13. The number of rotatable bonds is 2. The molecule has 0 saturated carbocycles. The van der Waals surface area contributed by atoms with Crippen molar-refractivity contribution in [2.75, 3.05) is 0 Å². The van der Waals surface area contributed by atoms with E-state index in [1.165, 1.54) is 18.2 Å². The van der Waals surface area contributed by atoms with Crippen LogP contribution in [0.2, 0.25) is 0 Å². The lowest BCUT2D eigenvalue weighted by Crippen LogP contribution is -2.30. The van der Waals surface area contributed by atoms with Crippen LogP contribution >= 0.6 is 10.7 Å². The molecule has 0 aliphatic carbocycles. The lowest BCUT2D eigenvalue weighted by Gasteiger charge is -2.23. The average Bonchev–Trinajstić information content (AvgIpc) is 2.26. The van der Waals surface area contributed by atoms with Crippen LogP contribution in [-0.4, -0.2) is 25.6 Å². The van der Waals surface area contributed by atoms with Gasteiger partial charge in [-0.2, -0.15) is 0 Å². The molecule has 17 heavy (non-hydrogen) atoms. The lowest BCUT2D eigenvalue weighted by molar-refractivity contribution is -0.145. The molecule has 92 valence electrons. The number of hydrogen-bond donors (Lipinski definition) is 1. The van der Waals surface area contributed by atoms with Gasteiger partial charge in [0.2, 0.25) is 0 Å². The standard InChI is InChI=1S/C10H9ClO5S/c11-17(14,15)7-2-4-8-6(5-7)1-3-9(16-8)10(12)13/h2,4-5,9H,1,3H2,(H,12,13).